The molecule has 0 radical (unpaired) electrons. The van der Waals surface area contributed by atoms with Crippen molar-refractivity contribution in [1.29, 1.82) is 0 Å². The van der Waals surface area contributed by atoms with Gasteiger partial charge >= 0.3 is 0 Å². The third-order valence-electron chi connectivity index (χ3n) is 3.10. The highest BCUT2D eigenvalue weighted by molar-refractivity contribution is 5.34. The molecule has 15 heavy (non-hydrogen) atoms. The van der Waals surface area contributed by atoms with Gasteiger partial charge in [0.05, 0.1) is 6.20 Å². The molecule has 78 valence electrons. The second kappa shape index (κ2) is 3.27. The van der Waals surface area contributed by atoms with Crippen LogP contribution in [0.2, 0.25) is 0 Å². The first-order valence-electron chi connectivity index (χ1n) is 5.24. The number of nitrogens with one attached hydrogen (secondary N) is 1. The monoisotopic (exact) mass is 203 g/mol. The third-order valence-corrected chi connectivity index (χ3v) is 3.10. The normalized spacial score (nSPS) is 26.2. The summed E-state index contributed by atoms with van der Waals surface area (Å²) in [7, 11) is 0. The Hall–Kier alpha value is -1.49. The maximum Gasteiger partial charge on any atom is 0.179 e. The van der Waals surface area contributed by atoms with Crippen LogP contribution in [0.15, 0.2) is 18.6 Å². The Bertz CT molecular complexity index is 477. The predicted octanol–water partition coefficient (Wildman–Crippen LogP) is 0.590. The van der Waals surface area contributed by atoms with Gasteiger partial charge in [0.25, 0.3) is 0 Å². The first-order chi connectivity index (χ1) is 7.36. The topological polar surface area (TPSA) is 55.1 Å². The molecule has 5 heteroatoms. The zero-order valence-corrected chi connectivity index (χ0v) is 8.59. The summed E-state index contributed by atoms with van der Waals surface area (Å²) in [4.78, 5) is 4.03. The number of rotatable bonds is 1. The summed E-state index contributed by atoms with van der Waals surface area (Å²) in [6.45, 7) is 3.26. The van der Waals surface area contributed by atoms with Gasteiger partial charge in [-0.25, -0.2) is 0 Å². The fourth-order valence-electron chi connectivity index (χ4n) is 2.24. The minimum atomic E-state index is 0.461. The van der Waals surface area contributed by atoms with Crippen molar-refractivity contribution in [3.63, 3.8) is 0 Å². The Morgan fingerprint density at radius 3 is 3.20 bits per heavy atom. The third kappa shape index (κ3) is 1.31. The van der Waals surface area contributed by atoms with E-state index in [9.17, 15) is 0 Å². The number of fused-ring (bicyclic) bond motifs is 1. The maximum absolute atomic E-state index is 4.26. The lowest BCUT2D eigenvalue weighted by atomic mass is 10.0. The second-order valence-electron chi connectivity index (χ2n) is 4.00. The van der Waals surface area contributed by atoms with Gasteiger partial charge in [-0.3, -0.25) is 9.38 Å². The highest BCUT2D eigenvalue weighted by Gasteiger charge is 2.28. The van der Waals surface area contributed by atoms with Crippen LogP contribution in [-0.2, 0) is 0 Å². The first-order valence-corrected chi connectivity index (χ1v) is 5.24. The van der Waals surface area contributed by atoms with Crippen LogP contribution in [0, 0.1) is 0 Å². The number of hydrogen-bond acceptors (Lipinski definition) is 4. The minimum Gasteiger partial charge on any atom is -0.314 e. The van der Waals surface area contributed by atoms with Gasteiger partial charge in [0.15, 0.2) is 5.65 Å². The van der Waals surface area contributed by atoms with E-state index in [4.69, 9.17) is 0 Å². The minimum absolute atomic E-state index is 0.461. The summed E-state index contributed by atoms with van der Waals surface area (Å²) >= 11 is 0. The summed E-state index contributed by atoms with van der Waals surface area (Å²) in [5.74, 6) is 1.51. The number of aromatic nitrogens is 4. The van der Waals surface area contributed by atoms with E-state index < -0.39 is 0 Å². The SMILES string of the molecule is CC1NCCC1c1nnc2cnccn12. The Balaban J connectivity index is 2.10. The summed E-state index contributed by atoms with van der Waals surface area (Å²) in [6, 6.07) is 0.477. The maximum atomic E-state index is 4.26. The van der Waals surface area contributed by atoms with Crippen molar-refractivity contribution in [2.45, 2.75) is 25.3 Å². The molecular weight excluding hydrogens is 190 g/mol. The van der Waals surface area contributed by atoms with E-state index in [1.807, 2.05) is 10.6 Å². The van der Waals surface area contributed by atoms with E-state index in [0.717, 1.165) is 24.4 Å². The zero-order valence-electron chi connectivity index (χ0n) is 8.59. The molecule has 1 aliphatic heterocycles. The lowest BCUT2D eigenvalue weighted by Gasteiger charge is -2.12. The zero-order chi connectivity index (χ0) is 10.3. The van der Waals surface area contributed by atoms with Crippen LogP contribution in [0.1, 0.15) is 25.1 Å². The number of hydrogen-bond donors (Lipinski definition) is 1. The smallest absolute Gasteiger partial charge is 0.179 e. The van der Waals surface area contributed by atoms with Crippen LogP contribution in [0.4, 0.5) is 0 Å². The molecule has 3 rings (SSSR count). The van der Waals surface area contributed by atoms with Gasteiger partial charge in [0.1, 0.15) is 5.82 Å². The highest BCUT2D eigenvalue weighted by Crippen LogP contribution is 2.25. The highest BCUT2D eigenvalue weighted by atomic mass is 15.3. The van der Waals surface area contributed by atoms with E-state index >= 15 is 0 Å². The molecule has 2 unspecified atom stereocenters. The van der Waals surface area contributed by atoms with Crippen LogP contribution >= 0.6 is 0 Å². The molecule has 1 saturated heterocycles. The second-order valence-corrected chi connectivity index (χ2v) is 4.00. The molecule has 0 amide bonds. The molecular formula is C10H13N5. The van der Waals surface area contributed by atoms with Gasteiger partial charge in [0, 0.05) is 24.4 Å². The van der Waals surface area contributed by atoms with Crippen LogP contribution in [0.25, 0.3) is 5.65 Å². The molecule has 1 N–H and O–H groups in total. The lowest BCUT2D eigenvalue weighted by Crippen LogP contribution is -2.22. The van der Waals surface area contributed by atoms with Crippen molar-refractivity contribution in [2.24, 2.45) is 0 Å². The Morgan fingerprint density at radius 1 is 1.47 bits per heavy atom. The molecule has 2 aromatic rings. The molecule has 2 aromatic heterocycles. The molecule has 1 aliphatic rings. The summed E-state index contributed by atoms with van der Waals surface area (Å²) < 4.78 is 2.03. The summed E-state index contributed by atoms with van der Waals surface area (Å²) in [5.41, 5.74) is 0.826. The van der Waals surface area contributed by atoms with Gasteiger partial charge < -0.3 is 5.32 Å². The fourth-order valence-corrected chi connectivity index (χ4v) is 2.24. The lowest BCUT2D eigenvalue weighted by molar-refractivity contribution is 0.563. The van der Waals surface area contributed by atoms with Gasteiger partial charge in [-0.15, -0.1) is 10.2 Å². The van der Waals surface area contributed by atoms with E-state index in [-0.39, 0.29) is 0 Å². The molecule has 3 heterocycles. The standard InChI is InChI=1S/C10H13N5/c1-7-8(2-3-12-7)10-14-13-9-6-11-4-5-15(9)10/h4-8,12H,2-3H2,1H3. The largest absolute Gasteiger partial charge is 0.314 e. The average molecular weight is 203 g/mol. The van der Waals surface area contributed by atoms with Gasteiger partial charge in [-0.05, 0) is 19.9 Å². The molecule has 0 aliphatic carbocycles. The first kappa shape index (κ1) is 8.79. The van der Waals surface area contributed by atoms with E-state index in [1.54, 1.807) is 12.4 Å². The molecule has 0 saturated carbocycles. The molecule has 5 nitrogen and oxygen atoms in total. The fraction of sp³-hybridized carbons (Fsp3) is 0.500. The van der Waals surface area contributed by atoms with Crippen molar-refractivity contribution in [1.82, 2.24) is 24.9 Å². The van der Waals surface area contributed by atoms with Crippen molar-refractivity contribution < 1.29 is 0 Å². The van der Waals surface area contributed by atoms with Crippen molar-refractivity contribution in [3.05, 3.63) is 24.4 Å². The molecule has 1 fully saturated rings. The van der Waals surface area contributed by atoms with Crippen LogP contribution < -0.4 is 5.32 Å². The Morgan fingerprint density at radius 2 is 2.40 bits per heavy atom. The predicted molar refractivity (Wildman–Crippen MR) is 55.6 cm³/mol. The van der Waals surface area contributed by atoms with E-state index in [0.29, 0.717) is 12.0 Å². The van der Waals surface area contributed by atoms with E-state index in [2.05, 4.69) is 27.4 Å². The molecule has 0 aromatic carbocycles. The van der Waals surface area contributed by atoms with Gasteiger partial charge in [-0.2, -0.15) is 0 Å². The molecule has 2 atom stereocenters. The summed E-state index contributed by atoms with van der Waals surface area (Å²) in [6.07, 6.45) is 6.57. The molecule has 0 spiro atoms. The van der Waals surface area contributed by atoms with Crippen LogP contribution in [0.3, 0.4) is 0 Å². The quantitative estimate of drug-likeness (QED) is 0.737. The Labute approximate surface area is 87.5 Å². The molecule has 0 bridgehead atoms. The number of nitrogens with zero attached hydrogens (tertiary/aromatic N) is 4. The van der Waals surface area contributed by atoms with Crippen molar-refractivity contribution in [2.75, 3.05) is 6.54 Å². The van der Waals surface area contributed by atoms with Gasteiger partial charge in [0.2, 0.25) is 0 Å². The van der Waals surface area contributed by atoms with Crippen molar-refractivity contribution >= 4 is 5.65 Å². The van der Waals surface area contributed by atoms with Crippen LogP contribution in [0.5, 0.6) is 0 Å². The van der Waals surface area contributed by atoms with Crippen molar-refractivity contribution in [3.8, 4) is 0 Å². The summed E-state index contributed by atoms with van der Waals surface area (Å²) in [5, 5.41) is 11.8. The average Bonchev–Trinajstić information content (AvgIpc) is 2.83. The van der Waals surface area contributed by atoms with Crippen LogP contribution in [-0.4, -0.2) is 32.2 Å². The van der Waals surface area contributed by atoms with E-state index in [1.165, 1.54) is 0 Å². The Kier molecular flexibility index (Phi) is 1.92. The van der Waals surface area contributed by atoms with Gasteiger partial charge in [-0.1, -0.05) is 0 Å².